The second-order valence-electron chi connectivity index (χ2n) is 6.78. The molecule has 1 aromatic rings. The highest BCUT2D eigenvalue weighted by Crippen LogP contribution is 2.18. The monoisotopic (exact) mass is 371 g/mol. The summed E-state index contributed by atoms with van der Waals surface area (Å²) >= 11 is 0. The van der Waals surface area contributed by atoms with Gasteiger partial charge in [-0.3, -0.25) is 4.79 Å². The van der Waals surface area contributed by atoms with Crippen LogP contribution in [0.4, 0.5) is 4.39 Å². The summed E-state index contributed by atoms with van der Waals surface area (Å²) in [6.45, 7) is 2.76. The van der Waals surface area contributed by atoms with E-state index in [0.29, 0.717) is 18.7 Å². The van der Waals surface area contributed by atoms with Gasteiger partial charge in [0.1, 0.15) is 11.8 Å². The number of methoxy groups -OCH3 is 1. The summed E-state index contributed by atoms with van der Waals surface area (Å²) in [5.41, 5.74) is 0.625. The van der Waals surface area contributed by atoms with Crippen molar-refractivity contribution in [1.82, 2.24) is 4.90 Å². The first kappa shape index (κ1) is 18.1. The molecule has 1 amide bonds. The lowest BCUT2D eigenvalue weighted by Gasteiger charge is -2.35. The number of rotatable bonds is 4. The van der Waals surface area contributed by atoms with Crippen LogP contribution in [-0.4, -0.2) is 70.1 Å². The number of hydrogen-bond acceptors (Lipinski definition) is 4. The van der Waals surface area contributed by atoms with Crippen molar-refractivity contribution in [2.24, 2.45) is 0 Å². The van der Waals surface area contributed by atoms with Crippen LogP contribution in [0.25, 0.3) is 0 Å². The lowest BCUT2D eigenvalue weighted by Crippen LogP contribution is -3.18. The molecule has 1 atom stereocenters. The Balaban J connectivity index is 1.52. The highest BCUT2D eigenvalue weighted by molar-refractivity contribution is 7.91. The molecule has 6 nitrogen and oxygen atoms in total. The number of halogens is 1. The van der Waals surface area contributed by atoms with Crippen LogP contribution in [0.5, 0.6) is 5.75 Å². The minimum atomic E-state index is -2.87. The molecular weight excluding hydrogens is 347 g/mol. The molecule has 3 rings (SSSR count). The van der Waals surface area contributed by atoms with Gasteiger partial charge < -0.3 is 14.5 Å². The summed E-state index contributed by atoms with van der Waals surface area (Å²) in [4.78, 5) is 15.5. The van der Waals surface area contributed by atoms with Gasteiger partial charge in [0.05, 0.1) is 45.5 Å². The van der Waals surface area contributed by atoms with Crippen molar-refractivity contribution >= 4 is 15.7 Å². The van der Waals surface area contributed by atoms with Crippen molar-refractivity contribution in [3.05, 3.63) is 29.6 Å². The van der Waals surface area contributed by atoms with E-state index in [0.717, 1.165) is 19.5 Å². The van der Waals surface area contributed by atoms with Gasteiger partial charge in [-0.25, -0.2) is 12.8 Å². The SMILES string of the molecule is COc1ccc(CC(=O)N2CC[NH+]([C@H]3CCS(=O)(=O)C3)CC2)cc1F. The quantitative estimate of drug-likeness (QED) is 0.759. The van der Waals surface area contributed by atoms with E-state index in [1.54, 1.807) is 11.0 Å². The maximum Gasteiger partial charge on any atom is 0.227 e. The molecule has 2 aliphatic heterocycles. The number of nitrogens with one attached hydrogen (secondary N) is 1. The zero-order valence-corrected chi connectivity index (χ0v) is 15.1. The maximum atomic E-state index is 13.7. The van der Waals surface area contributed by atoms with E-state index < -0.39 is 15.7 Å². The summed E-state index contributed by atoms with van der Waals surface area (Å²) in [6, 6.07) is 4.73. The maximum absolute atomic E-state index is 13.7. The second kappa shape index (κ2) is 7.29. The highest BCUT2D eigenvalue weighted by Gasteiger charge is 2.37. The predicted molar refractivity (Wildman–Crippen MR) is 91.0 cm³/mol. The first-order chi connectivity index (χ1) is 11.9. The van der Waals surface area contributed by atoms with Gasteiger partial charge in [0.15, 0.2) is 21.4 Å². The third-order valence-electron chi connectivity index (χ3n) is 5.14. The van der Waals surface area contributed by atoms with Crippen molar-refractivity contribution in [2.75, 3.05) is 44.8 Å². The number of amides is 1. The van der Waals surface area contributed by atoms with Crippen LogP contribution >= 0.6 is 0 Å². The molecule has 0 aromatic heterocycles. The molecule has 0 saturated carbocycles. The average Bonchev–Trinajstić information content (AvgIpc) is 2.95. The molecule has 0 unspecified atom stereocenters. The molecule has 2 fully saturated rings. The smallest absolute Gasteiger partial charge is 0.227 e. The second-order valence-corrected chi connectivity index (χ2v) is 9.01. The summed E-state index contributed by atoms with van der Waals surface area (Å²) in [7, 11) is -1.47. The van der Waals surface area contributed by atoms with E-state index in [4.69, 9.17) is 4.74 Å². The molecule has 1 N–H and O–H groups in total. The van der Waals surface area contributed by atoms with E-state index in [2.05, 4.69) is 0 Å². The molecule has 0 aliphatic carbocycles. The van der Waals surface area contributed by atoms with Crippen LogP contribution in [0.3, 0.4) is 0 Å². The number of quaternary nitrogens is 1. The third-order valence-corrected chi connectivity index (χ3v) is 6.91. The Hall–Kier alpha value is -1.67. The van der Waals surface area contributed by atoms with Gasteiger partial charge in [-0.2, -0.15) is 0 Å². The molecule has 2 saturated heterocycles. The number of carbonyl (C=O) groups excluding carboxylic acids is 1. The van der Waals surface area contributed by atoms with Crippen molar-refractivity contribution in [3.8, 4) is 5.75 Å². The van der Waals surface area contributed by atoms with Crippen LogP contribution in [0.2, 0.25) is 0 Å². The average molecular weight is 371 g/mol. The van der Waals surface area contributed by atoms with E-state index in [1.165, 1.54) is 24.1 Å². The number of carbonyl (C=O) groups is 1. The van der Waals surface area contributed by atoms with Gasteiger partial charge >= 0.3 is 0 Å². The molecule has 2 heterocycles. The fourth-order valence-electron chi connectivity index (χ4n) is 3.67. The first-order valence-corrected chi connectivity index (χ1v) is 10.4. The fraction of sp³-hybridized carbons (Fsp3) is 0.588. The lowest BCUT2D eigenvalue weighted by molar-refractivity contribution is -0.925. The van der Waals surface area contributed by atoms with E-state index in [1.807, 2.05) is 0 Å². The van der Waals surface area contributed by atoms with Crippen molar-refractivity contribution in [2.45, 2.75) is 18.9 Å². The van der Waals surface area contributed by atoms with E-state index >= 15 is 0 Å². The van der Waals surface area contributed by atoms with Gasteiger partial charge in [-0.05, 0) is 17.7 Å². The lowest BCUT2D eigenvalue weighted by atomic mass is 10.1. The summed E-state index contributed by atoms with van der Waals surface area (Å²) in [5, 5.41) is 0. The molecule has 8 heteroatoms. The normalized spacial score (nSPS) is 23.6. The molecule has 0 spiro atoms. The number of piperazine rings is 1. The number of nitrogens with zero attached hydrogens (tertiary/aromatic N) is 1. The number of benzene rings is 1. The van der Waals surface area contributed by atoms with E-state index in [9.17, 15) is 17.6 Å². The Morgan fingerprint density at radius 3 is 2.64 bits per heavy atom. The molecular formula is C17H24FN2O4S+. The van der Waals surface area contributed by atoms with Crippen LogP contribution in [0.1, 0.15) is 12.0 Å². The zero-order valence-electron chi connectivity index (χ0n) is 14.3. The molecule has 0 radical (unpaired) electrons. The third kappa shape index (κ3) is 4.30. The summed E-state index contributed by atoms with van der Waals surface area (Å²) in [5.74, 6) is 0.223. The van der Waals surface area contributed by atoms with Crippen molar-refractivity contribution in [1.29, 1.82) is 0 Å². The largest absolute Gasteiger partial charge is 0.494 e. The first-order valence-electron chi connectivity index (χ1n) is 8.53. The van der Waals surface area contributed by atoms with Crippen LogP contribution in [0.15, 0.2) is 18.2 Å². The van der Waals surface area contributed by atoms with Gasteiger partial charge in [0.2, 0.25) is 5.91 Å². The summed E-state index contributed by atoms with van der Waals surface area (Å²) < 4.78 is 41.8. The number of sulfone groups is 1. The van der Waals surface area contributed by atoms with Crippen LogP contribution in [0, 0.1) is 5.82 Å². The highest BCUT2D eigenvalue weighted by atomic mass is 32.2. The van der Waals surface area contributed by atoms with Gasteiger partial charge in [-0.1, -0.05) is 6.07 Å². The van der Waals surface area contributed by atoms with Gasteiger partial charge in [0, 0.05) is 6.42 Å². The Morgan fingerprint density at radius 1 is 1.36 bits per heavy atom. The Bertz CT molecular complexity index is 745. The van der Waals surface area contributed by atoms with Gasteiger partial charge in [0.25, 0.3) is 0 Å². The number of ether oxygens (including phenoxy) is 1. The van der Waals surface area contributed by atoms with Gasteiger partial charge in [-0.15, -0.1) is 0 Å². The van der Waals surface area contributed by atoms with Crippen molar-refractivity contribution in [3.63, 3.8) is 0 Å². The zero-order chi connectivity index (χ0) is 18.0. The molecule has 0 bridgehead atoms. The minimum Gasteiger partial charge on any atom is -0.494 e. The van der Waals surface area contributed by atoms with Crippen molar-refractivity contribution < 1.29 is 27.2 Å². The Kier molecular flexibility index (Phi) is 5.29. The fourth-order valence-corrected chi connectivity index (χ4v) is 5.50. The molecule has 1 aromatic carbocycles. The molecule has 2 aliphatic rings. The predicted octanol–water partition coefficient (Wildman–Crippen LogP) is -0.709. The Morgan fingerprint density at radius 2 is 2.08 bits per heavy atom. The molecule has 25 heavy (non-hydrogen) atoms. The van der Waals surface area contributed by atoms with Crippen LogP contribution < -0.4 is 9.64 Å². The van der Waals surface area contributed by atoms with Crippen LogP contribution in [-0.2, 0) is 21.1 Å². The minimum absolute atomic E-state index is 0.0253. The van der Waals surface area contributed by atoms with E-state index in [-0.39, 0.29) is 35.6 Å². The number of hydrogen-bond donors (Lipinski definition) is 1. The standard InChI is InChI=1S/C17H23FN2O4S/c1-24-16-3-2-13(10-15(16)18)11-17(21)20-7-5-19(6-8-20)14-4-9-25(22,23)12-14/h2-3,10,14H,4-9,11-12H2,1H3/p+1/t14-/m0/s1. The topological polar surface area (TPSA) is 68.1 Å². The Labute approximate surface area is 147 Å². The molecule has 138 valence electrons. The summed E-state index contributed by atoms with van der Waals surface area (Å²) in [6.07, 6.45) is 0.880.